The predicted octanol–water partition coefficient (Wildman–Crippen LogP) is -0.967. The number of ketones is 1. The summed E-state index contributed by atoms with van der Waals surface area (Å²) in [6, 6.07) is 4.48. The quantitative estimate of drug-likeness (QED) is 0.341. The number of urea groups is 1. The molecule has 28 heavy (non-hydrogen) atoms. The minimum Gasteiger partial charge on any atom is -0.390 e. The van der Waals surface area contributed by atoms with Gasteiger partial charge >= 0.3 is 6.03 Å². The standard InChI is InChI=1S/C18H22N4O6/c1-9(23)10-2-4-12(5-3-10)21-18(28)22-13-6-11(7-14(24)16(13)26)17(27)20-8-15(19)25/h2-6,13-14,16,24,26H,7-8H2,1H3,(H2,19,25)(H,20,27)(H2,21,22,28)/t13-,14-,16-/m1/s1. The maximum absolute atomic E-state index is 12.2. The maximum Gasteiger partial charge on any atom is 0.319 e. The fourth-order valence-corrected chi connectivity index (χ4v) is 2.65. The highest BCUT2D eigenvalue weighted by molar-refractivity contribution is 5.97. The normalized spacial score (nSPS) is 21.2. The highest BCUT2D eigenvalue weighted by Gasteiger charge is 2.33. The van der Waals surface area contributed by atoms with Crippen molar-refractivity contribution >= 4 is 29.3 Å². The number of hydrogen-bond acceptors (Lipinski definition) is 6. The summed E-state index contributed by atoms with van der Waals surface area (Å²) in [7, 11) is 0. The lowest BCUT2D eigenvalue weighted by molar-refractivity contribution is -0.123. The largest absolute Gasteiger partial charge is 0.390 e. The van der Waals surface area contributed by atoms with Gasteiger partial charge in [-0.05, 0) is 31.2 Å². The first-order valence-corrected chi connectivity index (χ1v) is 8.49. The minimum absolute atomic E-state index is 0.107. The van der Waals surface area contributed by atoms with Gasteiger partial charge in [0.2, 0.25) is 11.8 Å². The number of aliphatic hydroxyl groups excluding tert-OH is 2. The second kappa shape index (κ2) is 9.11. The first-order chi connectivity index (χ1) is 13.2. The molecule has 0 unspecified atom stereocenters. The van der Waals surface area contributed by atoms with Crippen LogP contribution >= 0.6 is 0 Å². The Morgan fingerprint density at radius 2 is 1.79 bits per heavy atom. The number of amides is 4. The van der Waals surface area contributed by atoms with E-state index in [1.54, 1.807) is 24.3 Å². The zero-order valence-electron chi connectivity index (χ0n) is 15.1. The molecular formula is C18H22N4O6. The van der Waals surface area contributed by atoms with Crippen molar-refractivity contribution in [2.24, 2.45) is 5.73 Å². The van der Waals surface area contributed by atoms with Crippen molar-refractivity contribution in [2.75, 3.05) is 11.9 Å². The van der Waals surface area contributed by atoms with Gasteiger partial charge in [-0.2, -0.15) is 0 Å². The smallest absolute Gasteiger partial charge is 0.319 e. The molecule has 1 aliphatic rings. The van der Waals surface area contributed by atoms with E-state index in [0.717, 1.165) is 0 Å². The summed E-state index contributed by atoms with van der Waals surface area (Å²) < 4.78 is 0. The third-order valence-corrected chi connectivity index (χ3v) is 4.13. The molecule has 0 saturated carbocycles. The minimum atomic E-state index is -1.32. The summed E-state index contributed by atoms with van der Waals surface area (Å²) in [6.07, 6.45) is -1.43. The van der Waals surface area contributed by atoms with Crippen molar-refractivity contribution in [1.82, 2.24) is 10.6 Å². The molecule has 10 nitrogen and oxygen atoms in total. The topological polar surface area (TPSA) is 171 Å². The molecule has 0 radical (unpaired) electrons. The van der Waals surface area contributed by atoms with Gasteiger partial charge < -0.3 is 31.9 Å². The van der Waals surface area contributed by atoms with E-state index < -0.39 is 36.1 Å². The van der Waals surface area contributed by atoms with E-state index in [1.807, 2.05) is 0 Å². The summed E-state index contributed by atoms with van der Waals surface area (Å²) in [5.74, 6) is -1.46. The molecule has 1 aromatic rings. The fourth-order valence-electron chi connectivity index (χ4n) is 2.65. The zero-order chi connectivity index (χ0) is 20.8. The summed E-state index contributed by atoms with van der Waals surface area (Å²) in [6.45, 7) is 1.05. The molecule has 0 fully saturated rings. The number of primary amides is 1. The van der Waals surface area contributed by atoms with Gasteiger partial charge in [0.25, 0.3) is 0 Å². The van der Waals surface area contributed by atoms with Gasteiger partial charge in [0.1, 0.15) is 6.10 Å². The molecule has 0 heterocycles. The van der Waals surface area contributed by atoms with Crippen LogP contribution in [0.25, 0.3) is 0 Å². The number of nitrogens with two attached hydrogens (primary N) is 1. The molecule has 1 aromatic carbocycles. The van der Waals surface area contributed by atoms with Gasteiger partial charge in [-0.1, -0.05) is 6.08 Å². The molecule has 0 aliphatic heterocycles. The number of carbonyl (C=O) groups excluding carboxylic acids is 4. The van der Waals surface area contributed by atoms with Gasteiger partial charge in [-0.15, -0.1) is 0 Å². The second-order valence-corrected chi connectivity index (χ2v) is 6.36. The van der Waals surface area contributed by atoms with Gasteiger partial charge in [-0.3, -0.25) is 14.4 Å². The van der Waals surface area contributed by atoms with Crippen LogP contribution in [0.4, 0.5) is 10.5 Å². The van der Waals surface area contributed by atoms with Crippen molar-refractivity contribution in [3.63, 3.8) is 0 Å². The third kappa shape index (κ3) is 5.63. The van der Waals surface area contributed by atoms with Crippen molar-refractivity contribution in [3.05, 3.63) is 41.5 Å². The molecule has 1 aliphatic carbocycles. The Morgan fingerprint density at radius 1 is 1.14 bits per heavy atom. The van der Waals surface area contributed by atoms with Crippen LogP contribution in [0.2, 0.25) is 0 Å². The number of hydrogen-bond donors (Lipinski definition) is 6. The van der Waals surface area contributed by atoms with Crippen LogP contribution in [0.15, 0.2) is 35.9 Å². The molecular weight excluding hydrogens is 368 g/mol. The summed E-state index contributed by atoms with van der Waals surface area (Å²) in [5.41, 5.74) is 5.98. The van der Waals surface area contributed by atoms with Crippen molar-refractivity contribution in [3.8, 4) is 0 Å². The first-order valence-electron chi connectivity index (χ1n) is 8.49. The summed E-state index contributed by atoms with van der Waals surface area (Å²) in [5, 5.41) is 27.3. The Labute approximate surface area is 160 Å². The molecule has 10 heteroatoms. The molecule has 0 saturated heterocycles. The fraction of sp³-hybridized carbons (Fsp3) is 0.333. The Kier molecular flexibility index (Phi) is 6.85. The molecule has 0 spiro atoms. The van der Waals surface area contributed by atoms with Gasteiger partial charge in [-0.25, -0.2) is 4.79 Å². The molecule has 0 bridgehead atoms. The number of carbonyl (C=O) groups is 4. The molecule has 2 rings (SSSR count). The van der Waals surface area contributed by atoms with E-state index >= 15 is 0 Å². The Hall–Kier alpha value is -3.24. The number of benzene rings is 1. The van der Waals surface area contributed by atoms with Crippen LogP contribution in [0.1, 0.15) is 23.7 Å². The molecule has 7 N–H and O–H groups in total. The lowest BCUT2D eigenvalue weighted by Gasteiger charge is -2.31. The number of aliphatic hydroxyl groups is 2. The van der Waals surface area contributed by atoms with Crippen LogP contribution < -0.4 is 21.7 Å². The molecule has 3 atom stereocenters. The van der Waals surface area contributed by atoms with Crippen LogP contribution in [-0.4, -0.2) is 58.6 Å². The Morgan fingerprint density at radius 3 is 2.36 bits per heavy atom. The number of rotatable bonds is 6. The zero-order valence-corrected chi connectivity index (χ0v) is 15.1. The van der Waals surface area contributed by atoms with Crippen molar-refractivity contribution in [2.45, 2.75) is 31.6 Å². The average molecular weight is 390 g/mol. The Bertz CT molecular complexity index is 805. The average Bonchev–Trinajstić information content (AvgIpc) is 2.63. The van der Waals surface area contributed by atoms with Crippen LogP contribution in [0, 0.1) is 0 Å². The van der Waals surface area contributed by atoms with Crippen LogP contribution in [0.5, 0.6) is 0 Å². The summed E-state index contributed by atoms with van der Waals surface area (Å²) in [4.78, 5) is 46.2. The SMILES string of the molecule is CC(=O)c1ccc(NC(=O)N[C@@H]2C=C(C(=O)NCC(N)=O)C[C@@H](O)[C@@H]2O)cc1. The second-order valence-electron chi connectivity index (χ2n) is 6.36. The first kappa shape index (κ1) is 21.1. The van der Waals surface area contributed by atoms with Crippen LogP contribution in [0.3, 0.4) is 0 Å². The predicted molar refractivity (Wildman–Crippen MR) is 99.3 cm³/mol. The molecule has 4 amide bonds. The highest BCUT2D eigenvalue weighted by Crippen LogP contribution is 2.20. The van der Waals surface area contributed by atoms with E-state index in [9.17, 15) is 29.4 Å². The van der Waals surface area contributed by atoms with Crippen molar-refractivity contribution < 1.29 is 29.4 Å². The number of anilines is 1. The van der Waals surface area contributed by atoms with E-state index in [1.165, 1.54) is 13.0 Å². The van der Waals surface area contributed by atoms with Crippen molar-refractivity contribution in [1.29, 1.82) is 0 Å². The third-order valence-electron chi connectivity index (χ3n) is 4.13. The van der Waals surface area contributed by atoms with Gasteiger partial charge in [0.05, 0.1) is 18.7 Å². The van der Waals surface area contributed by atoms with E-state index in [-0.39, 0.29) is 24.3 Å². The van der Waals surface area contributed by atoms with E-state index in [2.05, 4.69) is 16.0 Å². The van der Waals surface area contributed by atoms with E-state index in [0.29, 0.717) is 11.3 Å². The Balaban J connectivity index is 2.03. The van der Waals surface area contributed by atoms with E-state index in [4.69, 9.17) is 5.73 Å². The summed E-state index contributed by atoms with van der Waals surface area (Å²) >= 11 is 0. The van der Waals surface area contributed by atoms with Gasteiger partial charge in [0, 0.05) is 23.2 Å². The lowest BCUT2D eigenvalue weighted by atomic mass is 9.90. The van der Waals surface area contributed by atoms with Crippen LogP contribution in [-0.2, 0) is 9.59 Å². The lowest BCUT2D eigenvalue weighted by Crippen LogP contribution is -2.52. The number of Topliss-reactive ketones (excluding diaryl/α,β-unsaturated/α-hetero) is 1. The monoisotopic (exact) mass is 390 g/mol. The molecule has 0 aromatic heterocycles. The number of nitrogens with one attached hydrogen (secondary N) is 3. The molecule has 150 valence electrons. The van der Waals surface area contributed by atoms with Gasteiger partial charge in [0.15, 0.2) is 5.78 Å². The maximum atomic E-state index is 12.2. The highest BCUT2D eigenvalue weighted by atomic mass is 16.3.